The molecule has 1 aromatic rings. The molecule has 0 radical (unpaired) electrons. The molecular formula is C14H17Cl2N3O5S. The first kappa shape index (κ1) is 19.9. The summed E-state index contributed by atoms with van der Waals surface area (Å²) < 4.78 is 30.9. The van der Waals surface area contributed by atoms with Crippen LogP contribution in [0.3, 0.4) is 0 Å². The SMILES string of the molecule is COC(=O)NC(=O)CN1CCN(S(=O)(=O)c2ccc(Cl)c(Cl)c2)CC1. The second kappa shape index (κ2) is 8.33. The number of nitrogens with zero attached hydrogens (tertiary/aromatic N) is 2. The van der Waals surface area contributed by atoms with Gasteiger partial charge in [-0.1, -0.05) is 23.2 Å². The van der Waals surface area contributed by atoms with Gasteiger partial charge >= 0.3 is 6.09 Å². The van der Waals surface area contributed by atoms with E-state index in [4.69, 9.17) is 23.2 Å². The van der Waals surface area contributed by atoms with Crippen LogP contribution >= 0.6 is 23.2 Å². The number of benzene rings is 1. The molecule has 25 heavy (non-hydrogen) atoms. The van der Waals surface area contributed by atoms with Crippen LogP contribution in [0.1, 0.15) is 0 Å². The topological polar surface area (TPSA) is 96.0 Å². The molecule has 1 aliphatic rings. The van der Waals surface area contributed by atoms with Crippen molar-refractivity contribution in [3.63, 3.8) is 0 Å². The van der Waals surface area contributed by atoms with Gasteiger partial charge in [-0.2, -0.15) is 4.31 Å². The quantitative estimate of drug-likeness (QED) is 0.801. The number of rotatable bonds is 4. The molecule has 1 fully saturated rings. The minimum absolute atomic E-state index is 0.0181. The molecule has 138 valence electrons. The maximum atomic E-state index is 12.6. The van der Waals surface area contributed by atoms with Gasteiger partial charge in [0.2, 0.25) is 15.9 Å². The van der Waals surface area contributed by atoms with Gasteiger partial charge in [-0.25, -0.2) is 13.2 Å². The molecule has 2 amide bonds. The minimum Gasteiger partial charge on any atom is -0.453 e. The molecule has 1 aliphatic heterocycles. The van der Waals surface area contributed by atoms with Crippen molar-refractivity contribution in [2.75, 3.05) is 39.8 Å². The maximum absolute atomic E-state index is 12.6. The second-order valence-electron chi connectivity index (χ2n) is 5.30. The van der Waals surface area contributed by atoms with E-state index in [-0.39, 0.29) is 34.6 Å². The summed E-state index contributed by atoms with van der Waals surface area (Å²) in [5.41, 5.74) is 0. The largest absolute Gasteiger partial charge is 0.453 e. The Morgan fingerprint density at radius 1 is 1.16 bits per heavy atom. The molecule has 0 aliphatic carbocycles. The van der Waals surface area contributed by atoms with Crippen molar-refractivity contribution in [1.82, 2.24) is 14.5 Å². The van der Waals surface area contributed by atoms with Crippen LogP contribution in [-0.4, -0.2) is 69.5 Å². The van der Waals surface area contributed by atoms with Crippen LogP contribution in [0.25, 0.3) is 0 Å². The third-order valence-electron chi connectivity index (χ3n) is 3.65. The molecule has 0 saturated carbocycles. The number of hydrogen-bond acceptors (Lipinski definition) is 6. The molecule has 0 atom stereocenters. The van der Waals surface area contributed by atoms with E-state index in [0.29, 0.717) is 13.1 Å². The number of carbonyl (C=O) groups excluding carboxylic acids is 2. The Hall–Kier alpha value is -1.39. The lowest BCUT2D eigenvalue weighted by molar-refractivity contribution is -0.121. The van der Waals surface area contributed by atoms with E-state index in [1.165, 1.54) is 22.5 Å². The van der Waals surface area contributed by atoms with Crippen LogP contribution in [0.2, 0.25) is 10.0 Å². The third-order valence-corrected chi connectivity index (χ3v) is 6.29. The Bertz CT molecular complexity index is 764. The Morgan fingerprint density at radius 2 is 1.80 bits per heavy atom. The predicted octanol–water partition coefficient (Wildman–Crippen LogP) is 1.18. The lowest BCUT2D eigenvalue weighted by Crippen LogP contribution is -2.51. The highest BCUT2D eigenvalue weighted by molar-refractivity contribution is 7.89. The average molecular weight is 410 g/mol. The zero-order valence-corrected chi connectivity index (χ0v) is 15.7. The van der Waals surface area contributed by atoms with Crippen LogP contribution in [-0.2, 0) is 19.6 Å². The lowest BCUT2D eigenvalue weighted by atomic mass is 10.3. The first-order valence-corrected chi connectivity index (χ1v) is 9.49. The van der Waals surface area contributed by atoms with Crippen molar-refractivity contribution in [3.05, 3.63) is 28.2 Å². The molecular weight excluding hydrogens is 393 g/mol. The summed E-state index contributed by atoms with van der Waals surface area (Å²) in [6.45, 7) is 1.13. The molecule has 0 aromatic heterocycles. The summed E-state index contributed by atoms with van der Waals surface area (Å²) in [6, 6.07) is 4.15. The third kappa shape index (κ3) is 5.05. The highest BCUT2D eigenvalue weighted by Gasteiger charge is 2.29. The zero-order chi connectivity index (χ0) is 18.6. The van der Waals surface area contributed by atoms with E-state index in [0.717, 1.165) is 7.11 Å². The maximum Gasteiger partial charge on any atom is 0.413 e. The van der Waals surface area contributed by atoms with Crippen LogP contribution < -0.4 is 5.32 Å². The molecule has 1 N–H and O–H groups in total. The van der Waals surface area contributed by atoms with Crippen molar-refractivity contribution in [1.29, 1.82) is 0 Å². The Kier molecular flexibility index (Phi) is 6.64. The number of sulfonamides is 1. The molecule has 0 spiro atoms. The Balaban J connectivity index is 1.95. The summed E-state index contributed by atoms with van der Waals surface area (Å²) >= 11 is 11.7. The second-order valence-corrected chi connectivity index (χ2v) is 8.05. The van der Waals surface area contributed by atoms with E-state index in [1.54, 1.807) is 4.90 Å². The molecule has 1 aromatic carbocycles. The van der Waals surface area contributed by atoms with Gasteiger partial charge < -0.3 is 4.74 Å². The molecule has 0 bridgehead atoms. The number of ether oxygens (including phenoxy) is 1. The van der Waals surface area contributed by atoms with Crippen molar-refractivity contribution >= 4 is 45.2 Å². The van der Waals surface area contributed by atoms with Crippen molar-refractivity contribution in [2.45, 2.75) is 4.90 Å². The number of piperazine rings is 1. The fraction of sp³-hybridized carbons (Fsp3) is 0.429. The number of hydrogen-bond donors (Lipinski definition) is 1. The molecule has 1 heterocycles. The summed E-state index contributed by atoms with van der Waals surface area (Å²) in [7, 11) is -2.53. The van der Waals surface area contributed by atoms with Gasteiger partial charge in [0, 0.05) is 26.2 Å². The minimum atomic E-state index is -3.69. The molecule has 0 unspecified atom stereocenters. The smallest absolute Gasteiger partial charge is 0.413 e. The number of halogens is 2. The monoisotopic (exact) mass is 409 g/mol. The van der Waals surface area contributed by atoms with Gasteiger partial charge in [0.1, 0.15) is 0 Å². The van der Waals surface area contributed by atoms with Crippen LogP contribution in [0, 0.1) is 0 Å². The molecule has 11 heteroatoms. The predicted molar refractivity (Wildman–Crippen MR) is 92.2 cm³/mol. The van der Waals surface area contributed by atoms with E-state index in [2.05, 4.69) is 10.1 Å². The number of carbonyl (C=O) groups is 2. The number of methoxy groups -OCH3 is 1. The van der Waals surface area contributed by atoms with Gasteiger partial charge in [-0.3, -0.25) is 15.0 Å². The van der Waals surface area contributed by atoms with Gasteiger partial charge in [-0.05, 0) is 18.2 Å². The highest BCUT2D eigenvalue weighted by atomic mass is 35.5. The van der Waals surface area contributed by atoms with Gasteiger partial charge in [0.15, 0.2) is 0 Å². The first-order valence-electron chi connectivity index (χ1n) is 7.29. The Morgan fingerprint density at radius 3 is 2.36 bits per heavy atom. The van der Waals surface area contributed by atoms with Crippen LogP contribution in [0.4, 0.5) is 4.79 Å². The van der Waals surface area contributed by atoms with Gasteiger partial charge in [0.05, 0.1) is 28.6 Å². The van der Waals surface area contributed by atoms with Crippen molar-refractivity contribution in [3.8, 4) is 0 Å². The van der Waals surface area contributed by atoms with Crippen molar-refractivity contribution < 1.29 is 22.7 Å². The summed E-state index contributed by atoms with van der Waals surface area (Å²) in [5.74, 6) is -0.507. The number of nitrogens with one attached hydrogen (secondary N) is 1. The number of amides is 2. The van der Waals surface area contributed by atoms with Crippen molar-refractivity contribution in [2.24, 2.45) is 0 Å². The van der Waals surface area contributed by atoms with E-state index in [1.807, 2.05) is 0 Å². The summed E-state index contributed by atoms with van der Waals surface area (Å²) in [6.07, 6.45) is -0.828. The average Bonchev–Trinajstić information content (AvgIpc) is 2.57. The van der Waals surface area contributed by atoms with Gasteiger partial charge in [0.25, 0.3) is 0 Å². The van der Waals surface area contributed by atoms with E-state index >= 15 is 0 Å². The van der Waals surface area contributed by atoms with Gasteiger partial charge in [-0.15, -0.1) is 0 Å². The fourth-order valence-electron chi connectivity index (χ4n) is 2.32. The zero-order valence-electron chi connectivity index (χ0n) is 13.4. The normalized spacial score (nSPS) is 16.4. The van der Waals surface area contributed by atoms with Crippen LogP contribution in [0.15, 0.2) is 23.1 Å². The van der Waals surface area contributed by atoms with Crippen LogP contribution in [0.5, 0.6) is 0 Å². The molecule has 8 nitrogen and oxygen atoms in total. The number of imide groups is 1. The molecule has 1 saturated heterocycles. The van der Waals surface area contributed by atoms with E-state index in [9.17, 15) is 18.0 Å². The number of alkyl carbamates (subject to hydrolysis) is 1. The lowest BCUT2D eigenvalue weighted by Gasteiger charge is -2.33. The fourth-order valence-corrected chi connectivity index (χ4v) is 4.13. The van der Waals surface area contributed by atoms with E-state index < -0.39 is 22.0 Å². The summed E-state index contributed by atoms with van der Waals surface area (Å²) in [4.78, 5) is 24.4. The summed E-state index contributed by atoms with van der Waals surface area (Å²) in [5, 5.41) is 2.50. The standard InChI is InChI=1S/C14H17Cl2N3O5S/c1-24-14(21)17-13(20)9-18-4-6-19(7-5-18)25(22,23)10-2-3-11(15)12(16)8-10/h2-3,8H,4-7,9H2,1H3,(H,17,20,21). The first-order chi connectivity index (χ1) is 11.7. The Labute approximate surface area is 155 Å². The molecule has 2 rings (SSSR count). The highest BCUT2D eigenvalue weighted by Crippen LogP contribution is 2.26.